The Morgan fingerprint density at radius 1 is 0.650 bits per heavy atom. The molecule has 40 heavy (non-hydrogen) atoms. The molecule has 0 amide bonds. The molecule has 0 spiro atoms. The summed E-state index contributed by atoms with van der Waals surface area (Å²) in [5.74, 6) is -0.630. The van der Waals surface area contributed by atoms with Crippen molar-refractivity contribution in [3.63, 3.8) is 0 Å². The molecule has 0 unspecified atom stereocenters. The van der Waals surface area contributed by atoms with E-state index in [0.717, 1.165) is 25.7 Å². The summed E-state index contributed by atoms with van der Waals surface area (Å²) in [4.78, 5) is 0. The average Bonchev–Trinajstić information content (AvgIpc) is 2.97. The van der Waals surface area contributed by atoms with E-state index in [4.69, 9.17) is 14.2 Å². The highest BCUT2D eigenvalue weighted by Crippen LogP contribution is 2.33. The maximum Gasteiger partial charge on any atom is 0.167 e. The Morgan fingerprint density at radius 3 is 1.73 bits per heavy atom. The van der Waals surface area contributed by atoms with E-state index in [9.17, 15) is 4.39 Å². The monoisotopic (exact) mass is 546 g/mol. The Morgan fingerprint density at radius 2 is 1.18 bits per heavy atom. The topological polar surface area (TPSA) is 27.7 Å². The molecule has 6 heteroatoms. The first-order valence-electron chi connectivity index (χ1n) is 13.5. The first-order chi connectivity index (χ1) is 19.5. The first kappa shape index (κ1) is 28.8. The molecule has 0 heterocycles. The van der Waals surface area contributed by atoms with Crippen LogP contribution < -0.4 is 14.2 Å². The van der Waals surface area contributed by atoms with Crippen molar-refractivity contribution in [1.29, 1.82) is 0 Å². The number of allylic oxidation sites excluding steroid dienone is 1. The molecule has 0 aliphatic rings. The lowest BCUT2D eigenvalue weighted by Crippen LogP contribution is -2.01. The highest BCUT2D eigenvalue weighted by Gasteiger charge is 2.16. The number of halogens is 3. The van der Waals surface area contributed by atoms with Crippen LogP contribution in [0.4, 0.5) is 13.2 Å². The van der Waals surface area contributed by atoms with Gasteiger partial charge in [0.25, 0.3) is 0 Å². The second-order valence-electron chi connectivity index (χ2n) is 9.36. The van der Waals surface area contributed by atoms with Gasteiger partial charge >= 0.3 is 0 Å². The van der Waals surface area contributed by atoms with Crippen LogP contribution in [0.3, 0.4) is 0 Å². The minimum absolute atomic E-state index is 0.0159. The van der Waals surface area contributed by atoms with E-state index in [1.165, 1.54) is 6.07 Å². The van der Waals surface area contributed by atoms with Crippen LogP contribution >= 0.6 is 0 Å². The van der Waals surface area contributed by atoms with Gasteiger partial charge in [-0.05, 0) is 66.8 Å². The highest BCUT2D eigenvalue weighted by atomic mass is 19.2. The van der Waals surface area contributed by atoms with Crippen molar-refractivity contribution in [2.24, 2.45) is 0 Å². The van der Waals surface area contributed by atoms with Crippen LogP contribution in [0.15, 0.2) is 91.5 Å². The molecule has 0 saturated carbocycles. The number of hydrogen-bond donors (Lipinski definition) is 0. The SMILES string of the molecule is C=CCCCOc1ccc(COc2ccc(-c3ccc(-c4ccc(OCCCC)cc4)c(F)c3F)cc2)c(F)c1. The van der Waals surface area contributed by atoms with Crippen molar-refractivity contribution in [2.75, 3.05) is 13.2 Å². The largest absolute Gasteiger partial charge is 0.494 e. The fraction of sp³-hybridized carbons (Fsp3) is 0.235. The van der Waals surface area contributed by atoms with E-state index in [2.05, 4.69) is 13.5 Å². The van der Waals surface area contributed by atoms with Crippen LogP contribution in [0.25, 0.3) is 22.3 Å². The molecule has 4 aromatic carbocycles. The summed E-state index contributed by atoms with van der Waals surface area (Å²) in [6.07, 6.45) is 5.45. The third-order valence-electron chi connectivity index (χ3n) is 6.42. The molecule has 0 atom stereocenters. The fourth-order valence-corrected chi connectivity index (χ4v) is 4.10. The molecule has 0 N–H and O–H groups in total. The Bertz CT molecular complexity index is 1400. The lowest BCUT2D eigenvalue weighted by molar-refractivity contribution is 0.295. The van der Waals surface area contributed by atoms with Gasteiger partial charge in [-0.1, -0.05) is 55.8 Å². The van der Waals surface area contributed by atoms with Crippen molar-refractivity contribution in [1.82, 2.24) is 0 Å². The summed E-state index contributed by atoms with van der Waals surface area (Å²) < 4.78 is 61.5. The van der Waals surface area contributed by atoms with Gasteiger partial charge in [-0.2, -0.15) is 0 Å². The second-order valence-corrected chi connectivity index (χ2v) is 9.36. The molecule has 208 valence electrons. The van der Waals surface area contributed by atoms with Crippen molar-refractivity contribution >= 4 is 0 Å². The van der Waals surface area contributed by atoms with E-state index in [-0.39, 0.29) is 17.7 Å². The molecular weight excluding hydrogens is 513 g/mol. The quantitative estimate of drug-likeness (QED) is 0.116. The normalized spacial score (nSPS) is 10.8. The molecule has 3 nitrogen and oxygen atoms in total. The van der Waals surface area contributed by atoms with Gasteiger partial charge in [0, 0.05) is 22.8 Å². The zero-order valence-corrected chi connectivity index (χ0v) is 22.6. The summed E-state index contributed by atoms with van der Waals surface area (Å²) in [7, 11) is 0. The van der Waals surface area contributed by atoms with E-state index < -0.39 is 17.5 Å². The van der Waals surface area contributed by atoms with Crippen LogP contribution in [0.1, 0.15) is 38.2 Å². The van der Waals surface area contributed by atoms with Crippen LogP contribution in [0, 0.1) is 17.5 Å². The molecule has 0 saturated heterocycles. The standard InChI is InChI=1S/C34H33F3O3/c1-3-5-7-21-39-29-17-12-26(32(35)22-29)23-40-28-15-10-25(11-16-28)31-19-18-30(33(36)34(31)37)24-8-13-27(14-9-24)38-20-6-4-2/h3,8-19,22H,1,4-7,20-21,23H2,2H3. The summed E-state index contributed by atoms with van der Waals surface area (Å²) >= 11 is 0. The Labute approximate surface area is 233 Å². The van der Waals surface area contributed by atoms with Gasteiger partial charge in [-0.15, -0.1) is 6.58 Å². The summed E-state index contributed by atoms with van der Waals surface area (Å²) in [5.41, 5.74) is 1.76. The lowest BCUT2D eigenvalue weighted by atomic mass is 9.98. The van der Waals surface area contributed by atoms with E-state index in [1.807, 2.05) is 6.08 Å². The minimum atomic E-state index is -0.927. The molecule has 0 aliphatic heterocycles. The molecular formula is C34H33F3O3. The molecule has 0 aliphatic carbocycles. The summed E-state index contributed by atoms with van der Waals surface area (Å²) in [5, 5.41) is 0. The molecule has 0 fully saturated rings. The number of ether oxygens (including phenoxy) is 3. The second kappa shape index (κ2) is 14.3. The maximum atomic E-state index is 15.1. The average molecular weight is 547 g/mol. The Hall–Kier alpha value is -4.19. The van der Waals surface area contributed by atoms with Gasteiger partial charge in [-0.3, -0.25) is 0 Å². The molecule has 0 bridgehead atoms. The Balaban J connectivity index is 1.38. The number of hydrogen-bond acceptors (Lipinski definition) is 3. The van der Waals surface area contributed by atoms with Crippen molar-refractivity contribution in [2.45, 2.75) is 39.2 Å². The third kappa shape index (κ3) is 7.47. The van der Waals surface area contributed by atoms with Crippen LogP contribution in [-0.2, 0) is 6.61 Å². The lowest BCUT2D eigenvalue weighted by Gasteiger charge is -2.12. The Kier molecular flexibility index (Phi) is 10.3. The third-order valence-corrected chi connectivity index (χ3v) is 6.42. The number of benzene rings is 4. The van der Waals surface area contributed by atoms with Gasteiger partial charge in [0.05, 0.1) is 13.2 Å². The first-order valence-corrected chi connectivity index (χ1v) is 13.5. The van der Waals surface area contributed by atoms with Gasteiger partial charge in [0.2, 0.25) is 0 Å². The molecule has 0 aromatic heterocycles. The zero-order chi connectivity index (χ0) is 28.3. The van der Waals surface area contributed by atoms with Crippen LogP contribution in [-0.4, -0.2) is 13.2 Å². The van der Waals surface area contributed by atoms with E-state index in [1.54, 1.807) is 72.8 Å². The van der Waals surface area contributed by atoms with Gasteiger partial charge < -0.3 is 14.2 Å². The minimum Gasteiger partial charge on any atom is -0.494 e. The highest BCUT2D eigenvalue weighted by molar-refractivity contribution is 5.72. The zero-order valence-electron chi connectivity index (χ0n) is 22.6. The van der Waals surface area contributed by atoms with Gasteiger partial charge in [0.15, 0.2) is 11.6 Å². The summed E-state index contributed by atoms with van der Waals surface area (Å²) in [6.45, 7) is 6.87. The predicted octanol–water partition coefficient (Wildman–Crippen LogP) is 9.54. The molecule has 0 radical (unpaired) electrons. The van der Waals surface area contributed by atoms with Gasteiger partial charge in [-0.25, -0.2) is 13.2 Å². The van der Waals surface area contributed by atoms with Crippen LogP contribution in [0.2, 0.25) is 0 Å². The molecule has 4 rings (SSSR count). The number of unbranched alkanes of at least 4 members (excludes halogenated alkanes) is 2. The van der Waals surface area contributed by atoms with E-state index in [0.29, 0.717) is 47.2 Å². The predicted molar refractivity (Wildman–Crippen MR) is 153 cm³/mol. The smallest absolute Gasteiger partial charge is 0.167 e. The van der Waals surface area contributed by atoms with Gasteiger partial charge in [0.1, 0.15) is 29.7 Å². The van der Waals surface area contributed by atoms with Crippen LogP contribution in [0.5, 0.6) is 17.2 Å². The summed E-state index contributed by atoms with van der Waals surface area (Å²) in [6, 6.07) is 21.3. The van der Waals surface area contributed by atoms with Crippen molar-refractivity contribution < 1.29 is 27.4 Å². The molecule has 4 aromatic rings. The maximum absolute atomic E-state index is 15.1. The fourth-order valence-electron chi connectivity index (χ4n) is 4.10. The van der Waals surface area contributed by atoms with E-state index >= 15 is 8.78 Å². The van der Waals surface area contributed by atoms with Crippen molar-refractivity contribution in [3.8, 4) is 39.5 Å². The number of rotatable bonds is 14. The van der Waals surface area contributed by atoms with Crippen molar-refractivity contribution in [3.05, 3.63) is 115 Å².